The summed E-state index contributed by atoms with van der Waals surface area (Å²) < 4.78 is 22.3. The van der Waals surface area contributed by atoms with Crippen molar-refractivity contribution >= 4 is 23.2 Å². The first-order valence-corrected chi connectivity index (χ1v) is 11.9. The largest absolute Gasteiger partial charge is 0.496 e. The van der Waals surface area contributed by atoms with Gasteiger partial charge in [-0.3, -0.25) is 14.4 Å². The highest BCUT2D eigenvalue weighted by Gasteiger charge is 2.61. The van der Waals surface area contributed by atoms with Crippen molar-refractivity contribution in [3.8, 4) is 23.0 Å². The van der Waals surface area contributed by atoms with Gasteiger partial charge in [-0.15, -0.1) is 0 Å². The molecule has 3 atom stereocenters. The monoisotopic (exact) mass is 504 g/mol. The predicted molar refractivity (Wildman–Crippen MR) is 136 cm³/mol. The zero-order valence-electron chi connectivity index (χ0n) is 21.0. The first-order valence-electron chi connectivity index (χ1n) is 11.9. The van der Waals surface area contributed by atoms with Crippen LogP contribution in [0.15, 0.2) is 66.7 Å². The summed E-state index contributed by atoms with van der Waals surface area (Å²) in [5.41, 5.74) is 1.76. The maximum absolute atomic E-state index is 14.0. The number of nitrogens with zero attached hydrogens (tertiary/aromatic N) is 2. The number of carbonyl (C=O) groups excluding carboxylic acids is 2. The van der Waals surface area contributed by atoms with Crippen LogP contribution in [-0.2, 0) is 14.4 Å². The quantitative estimate of drug-likeness (QED) is 0.423. The van der Waals surface area contributed by atoms with E-state index >= 15 is 0 Å². The van der Waals surface area contributed by atoms with Gasteiger partial charge in [-0.2, -0.15) is 0 Å². The smallest absolute Gasteiger partial charge is 0.266 e. The van der Waals surface area contributed by atoms with Crippen molar-refractivity contribution in [2.24, 2.45) is 5.92 Å². The Morgan fingerprint density at radius 1 is 0.784 bits per heavy atom. The number of amides is 2. The van der Waals surface area contributed by atoms with Gasteiger partial charge in [0.1, 0.15) is 23.5 Å². The Bertz CT molecular complexity index is 1310. The van der Waals surface area contributed by atoms with Crippen LogP contribution in [0.25, 0.3) is 0 Å². The van der Waals surface area contributed by atoms with Crippen molar-refractivity contribution in [1.82, 2.24) is 0 Å². The average Bonchev–Trinajstić information content (AvgIpc) is 3.44. The number of rotatable bonds is 8. The molecule has 2 fully saturated rings. The SMILES string of the molecule is CCOc1cccc(N2C(=O)[C@H]3[C@H](ON(c4ccccc4)[C@@H]3c3cc(OC)c(OC)cc3OC)C2=O)c1. The van der Waals surface area contributed by atoms with Crippen LogP contribution in [0.5, 0.6) is 23.0 Å². The minimum absolute atomic E-state index is 0.371. The summed E-state index contributed by atoms with van der Waals surface area (Å²) in [5.74, 6) is 0.346. The lowest BCUT2D eigenvalue weighted by Gasteiger charge is -2.30. The van der Waals surface area contributed by atoms with E-state index in [1.807, 2.05) is 37.3 Å². The van der Waals surface area contributed by atoms with Crippen molar-refractivity contribution in [2.75, 3.05) is 37.9 Å². The summed E-state index contributed by atoms with van der Waals surface area (Å²) in [7, 11) is 4.61. The molecule has 9 heteroatoms. The lowest BCUT2D eigenvalue weighted by Crippen LogP contribution is -2.37. The van der Waals surface area contributed by atoms with Gasteiger partial charge in [0, 0.05) is 17.7 Å². The molecule has 5 rings (SSSR count). The van der Waals surface area contributed by atoms with Gasteiger partial charge in [-0.25, -0.2) is 9.96 Å². The molecule has 3 aromatic carbocycles. The number of fused-ring (bicyclic) bond motifs is 1. The van der Waals surface area contributed by atoms with Crippen LogP contribution < -0.4 is 28.9 Å². The third kappa shape index (κ3) is 4.11. The minimum Gasteiger partial charge on any atom is -0.496 e. The van der Waals surface area contributed by atoms with Crippen molar-refractivity contribution in [1.29, 1.82) is 0 Å². The fourth-order valence-electron chi connectivity index (χ4n) is 4.95. The maximum atomic E-state index is 14.0. The molecule has 0 saturated carbocycles. The highest BCUT2D eigenvalue weighted by atomic mass is 16.7. The third-order valence-corrected chi connectivity index (χ3v) is 6.57. The number of anilines is 2. The van der Waals surface area contributed by atoms with Gasteiger partial charge < -0.3 is 18.9 Å². The van der Waals surface area contributed by atoms with Crippen molar-refractivity contribution in [3.05, 3.63) is 72.3 Å². The molecule has 3 aromatic rings. The molecule has 37 heavy (non-hydrogen) atoms. The summed E-state index contributed by atoms with van der Waals surface area (Å²) in [6.45, 7) is 2.34. The Kier molecular flexibility index (Phi) is 6.62. The van der Waals surface area contributed by atoms with Gasteiger partial charge in [-0.05, 0) is 37.3 Å². The third-order valence-electron chi connectivity index (χ3n) is 6.57. The van der Waals surface area contributed by atoms with E-state index in [2.05, 4.69) is 0 Å². The molecular formula is C28H28N2O7. The molecule has 2 aliphatic heterocycles. The van der Waals surface area contributed by atoms with E-state index in [4.69, 9.17) is 23.8 Å². The summed E-state index contributed by atoms with van der Waals surface area (Å²) in [6, 6.07) is 19.0. The summed E-state index contributed by atoms with van der Waals surface area (Å²) in [4.78, 5) is 35.0. The van der Waals surface area contributed by atoms with Gasteiger partial charge in [0.25, 0.3) is 5.91 Å². The molecule has 2 aliphatic rings. The second-order valence-electron chi connectivity index (χ2n) is 8.55. The average molecular weight is 505 g/mol. The number of carbonyl (C=O) groups is 2. The van der Waals surface area contributed by atoms with E-state index in [1.54, 1.807) is 41.5 Å². The van der Waals surface area contributed by atoms with Crippen LogP contribution in [0.1, 0.15) is 18.5 Å². The first-order chi connectivity index (χ1) is 18.0. The minimum atomic E-state index is -1.02. The number of para-hydroxylation sites is 1. The maximum Gasteiger partial charge on any atom is 0.266 e. The van der Waals surface area contributed by atoms with Crippen LogP contribution in [0.3, 0.4) is 0 Å². The Balaban J connectivity index is 1.63. The number of hydroxylamine groups is 1. The van der Waals surface area contributed by atoms with Crippen LogP contribution in [0.4, 0.5) is 11.4 Å². The van der Waals surface area contributed by atoms with Gasteiger partial charge in [0.15, 0.2) is 17.6 Å². The fraction of sp³-hybridized carbons (Fsp3) is 0.286. The second kappa shape index (κ2) is 10.0. The second-order valence-corrected chi connectivity index (χ2v) is 8.55. The molecule has 9 nitrogen and oxygen atoms in total. The highest BCUT2D eigenvalue weighted by molar-refractivity contribution is 6.24. The highest BCUT2D eigenvalue weighted by Crippen LogP contribution is 2.51. The zero-order valence-corrected chi connectivity index (χ0v) is 21.0. The molecule has 0 radical (unpaired) electrons. The first kappa shape index (κ1) is 24.5. The normalized spacial score (nSPS) is 20.7. The van der Waals surface area contributed by atoms with E-state index in [-0.39, 0.29) is 5.91 Å². The van der Waals surface area contributed by atoms with Crippen LogP contribution in [0, 0.1) is 5.92 Å². The number of hydrogen-bond acceptors (Lipinski definition) is 8. The number of hydrogen-bond donors (Lipinski definition) is 0. The van der Waals surface area contributed by atoms with Gasteiger partial charge in [-0.1, -0.05) is 24.3 Å². The summed E-state index contributed by atoms with van der Waals surface area (Å²) in [5, 5.41) is 1.61. The Labute approximate surface area is 215 Å². The lowest BCUT2D eigenvalue weighted by molar-refractivity contribution is -0.126. The van der Waals surface area contributed by atoms with Crippen molar-refractivity contribution < 1.29 is 33.4 Å². The van der Waals surface area contributed by atoms with E-state index < -0.39 is 24.0 Å². The van der Waals surface area contributed by atoms with E-state index in [0.29, 0.717) is 46.5 Å². The summed E-state index contributed by atoms with van der Waals surface area (Å²) in [6.07, 6.45) is -1.02. The molecule has 2 amide bonds. The van der Waals surface area contributed by atoms with Crippen LogP contribution >= 0.6 is 0 Å². The van der Waals surface area contributed by atoms with Gasteiger partial charge in [0.2, 0.25) is 5.91 Å². The lowest BCUT2D eigenvalue weighted by atomic mass is 9.89. The Morgan fingerprint density at radius 3 is 2.14 bits per heavy atom. The van der Waals surface area contributed by atoms with E-state index in [9.17, 15) is 9.59 Å². The zero-order chi connectivity index (χ0) is 26.1. The Morgan fingerprint density at radius 2 is 1.46 bits per heavy atom. The fourth-order valence-corrected chi connectivity index (χ4v) is 4.95. The van der Waals surface area contributed by atoms with E-state index in [0.717, 1.165) is 0 Å². The van der Waals surface area contributed by atoms with Crippen LogP contribution in [-0.4, -0.2) is 45.9 Å². The summed E-state index contributed by atoms with van der Waals surface area (Å²) >= 11 is 0. The van der Waals surface area contributed by atoms with E-state index in [1.165, 1.54) is 26.2 Å². The number of imide groups is 1. The molecule has 0 aliphatic carbocycles. The topological polar surface area (TPSA) is 86.8 Å². The molecule has 2 saturated heterocycles. The van der Waals surface area contributed by atoms with Crippen LogP contribution in [0.2, 0.25) is 0 Å². The molecule has 0 unspecified atom stereocenters. The number of methoxy groups -OCH3 is 3. The molecule has 0 N–H and O–H groups in total. The molecule has 0 spiro atoms. The molecule has 2 heterocycles. The van der Waals surface area contributed by atoms with Crippen molar-refractivity contribution in [3.63, 3.8) is 0 Å². The molecule has 0 bridgehead atoms. The van der Waals surface area contributed by atoms with Crippen molar-refractivity contribution in [2.45, 2.75) is 19.1 Å². The molecule has 0 aromatic heterocycles. The Hall–Kier alpha value is -4.24. The number of ether oxygens (including phenoxy) is 4. The van der Waals surface area contributed by atoms with Gasteiger partial charge in [0.05, 0.1) is 39.3 Å². The standard InChI is InChI=1S/C28H28N2O7/c1-5-36-19-13-9-12-18(14-19)29-27(31)24-25(20-15-22(34-3)23(35-4)16-21(20)33-2)30(37-26(24)28(29)32)17-10-7-6-8-11-17/h6-16,24-26H,5H2,1-4H3/t24-,25-,26+/m1/s1. The predicted octanol–water partition coefficient (Wildman–Crippen LogP) is 4.16. The number of benzene rings is 3. The molecule has 192 valence electrons. The van der Waals surface area contributed by atoms with Gasteiger partial charge >= 0.3 is 0 Å². The molecular weight excluding hydrogens is 476 g/mol.